The summed E-state index contributed by atoms with van der Waals surface area (Å²) in [5.74, 6) is 0.562. The minimum Gasteiger partial charge on any atom is -0.326 e. The fraction of sp³-hybridized carbons (Fsp3) is 0.250. The lowest BCUT2D eigenvalue weighted by Crippen LogP contribution is -1.95. The minimum absolute atomic E-state index is 0.522. The molecule has 0 fully saturated rings. The monoisotopic (exact) mass is 291 g/mol. The van der Waals surface area contributed by atoms with E-state index in [1.807, 2.05) is 18.2 Å². The lowest BCUT2D eigenvalue weighted by atomic mass is 10.0. The van der Waals surface area contributed by atoms with E-state index < -0.39 is 0 Å². The van der Waals surface area contributed by atoms with Gasteiger partial charge in [-0.1, -0.05) is 55.4 Å². The van der Waals surface area contributed by atoms with Crippen LogP contribution in [0.5, 0.6) is 0 Å². The molecule has 2 aromatic rings. The van der Waals surface area contributed by atoms with E-state index in [-0.39, 0.29) is 0 Å². The zero-order valence-corrected chi connectivity index (χ0v) is 12.8. The van der Waals surface area contributed by atoms with Gasteiger partial charge in [0.25, 0.3) is 0 Å². The molecule has 0 aliphatic carbocycles. The van der Waals surface area contributed by atoms with Crippen molar-refractivity contribution >= 4 is 23.4 Å². The van der Waals surface area contributed by atoms with Crippen LogP contribution in [0, 0.1) is 0 Å². The summed E-state index contributed by atoms with van der Waals surface area (Å²) in [6.45, 7) is 4.92. The maximum atomic E-state index is 6.26. The summed E-state index contributed by atoms with van der Waals surface area (Å²) < 4.78 is 0. The summed E-state index contributed by atoms with van der Waals surface area (Å²) in [6.07, 6.45) is 0. The SMILES string of the molecule is CC(C)c1ccc(Sc2ccc(CN)cc2Cl)cc1. The van der Waals surface area contributed by atoms with E-state index in [4.69, 9.17) is 17.3 Å². The highest BCUT2D eigenvalue weighted by molar-refractivity contribution is 7.99. The number of halogens is 1. The quantitative estimate of drug-likeness (QED) is 0.851. The molecule has 2 rings (SSSR count). The molecule has 0 saturated carbocycles. The van der Waals surface area contributed by atoms with Gasteiger partial charge in [0.1, 0.15) is 0 Å². The molecule has 0 bridgehead atoms. The van der Waals surface area contributed by atoms with Crippen molar-refractivity contribution in [3.8, 4) is 0 Å². The Labute approximate surface area is 124 Å². The molecule has 0 radical (unpaired) electrons. The highest BCUT2D eigenvalue weighted by Gasteiger charge is 2.05. The van der Waals surface area contributed by atoms with Crippen molar-refractivity contribution in [3.63, 3.8) is 0 Å². The van der Waals surface area contributed by atoms with Gasteiger partial charge in [0.15, 0.2) is 0 Å². The normalized spacial score (nSPS) is 11.0. The Hall–Kier alpha value is -0.960. The van der Waals surface area contributed by atoms with Gasteiger partial charge in [-0.2, -0.15) is 0 Å². The van der Waals surface area contributed by atoms with Gasteiger partial charge in [0, 0.05) is 16.3 Å². The van der Waals surface area contributed by atoms with Crippen LogP contribution in [0.1, 0.15) is 30.9 Å². The van der Waals surface area contributed by atoms with Crippen molar-refractivity contribution in [2.24, 2.45) is 5.73 Å². The molecule has 0 aliphatic heterocycles. The lowest BCUT2D eigenvalue weighted by Gasteiger charge is -2.08. The molecule has 0 spiro atoms. The third-order valence-electron chi connectivity index (χ3n) is 3.01. The highest BCUT2D eigenvalue weighted by Crippen LogP contribution is 2.34. The maximum absolute atomic E-state index is 6.26. The van der Waals surface area contributed by atoms with Crippen LogP contribution in [0.4, 0.5) is 0 Å². The maximum Gasteiger partial charge on any atom is 0.0548 e. The molecule has 1 nitrogen and oxygen atoms in total. The Morgan fingerprint density at radius 3 is 2.32 bits per heavy atom. The molecule has 0 aromatic heterocycles. The number of nitrogens with two attached hydrogens (primary N) is 1. The van der Waals surface area contributed by atoms with E-state index in [2.05, 4.69) is 38.1 Å². The van der Waals surface area contributed by atoms with E-state index in [9.17, 15) is 0 Å². The van der Waals surface area contributed by atoms with Gasteiger partial charge in [0.05, 0.1) is 5.02 Å². The Balaban J connectivity index is 2.16. The van der Waals surface area contributed by atoms with Gasteiger partial charge in [0.2, 0.25) is 0 Å². The van der Waals surface area contributed by atoms with Gasteiger partial charge in [-0.25, -0.2) is 0 Å². The second-order valence-electron chi connectivity index (χ2n) is 4.79. The van der Waals surface area contributed by atoms with Crippen LogP contribution in [0.15, 0.2) is 52.3 Å². The van der Waals surface area contributed by atoms with Gasteiger partial charge in [-0.05, 0) is 41.3 Å². The fourth-order valence-electron chi connectivity index (χ4n) is 1.80. The summed E-state index contributed by atoms with van der Waals surface area (Å²) >= 11 is 7.94. The smallest absolute Gasteiger partial charge is 0.0548 e. The average molecular weight is 292 g/mol. The number of benzene rings is 2. The molecule has 0 amide bonds. The molecule has 2 aromatic carbocycles. The molecule has 3 heteroatoms. The third-order valence-corrected chi connectivity index (χ3v) is 4.52. The first-order valence-corrected chi connectivity index (χ1v) is 7.56. The Morgan fingerprint density at radius 1 is 1.11 bits per heavy atom. The molecule has 0 heterocycles. The minimum atomic E-state index is 0.522. The first kappa shape index (κ1) is 14.4. The predicted molar refractivity (Wildman–Crippen MR) is 84.0 cm³/mol. The fourth-order valence-corrected chi connectivity index (χ4v) is 2.94. The van der Waals surface area contributed by atoms with Crippen molar-refractivity contribution in [2.75, 3.05) is 0 Å². The molecule has 100 valence electrons. The molecule has 0 aliphatic rings. The summed E-state index contributed by atoms with van der Waals surface area (Å²) in [5, 5.41) is 0.765. The van der Waals surface area contributed by atoms with Crippen LogP contribution in [0.3, 0.4) is 0 Å². The largest absolute Gasteiger partial charge is 0.326 e. The van der Waals surface area contributed by atoms with Gasteiger partial charge >= 0.3 is 0 Å². The standard InChI is InChI=1S/C16H18ClNS/c1-11(2)13-4-6-14(7-5-13)19-16-8-3-12(10-18)9-15(16)17/h3-9,11H,10,18H2,1-2H3. The zero-order chi connectivity index (χ0) is 13.8. The van der Waals surface area contributed by atoms with E-state index >= 15 is 0 Å². The van der Waals surface area contributed by atoms with Crippen LogP contribution >= 0.6 is 23.4 Å². The Bertz CT molecular complexity index is 549. The van der Waals surface area contributed by atoms with Gasteiger partial charge < -0.3 is 5.73 Å². The van der Waals surface area contributed by atoms with E-state index in [0.29, 0.717) is 12.5 Å². The van der Waals surface area contributed by atoms with Crippen LogP contribution in [0.2, 0.25) is 5.02 Å². The van der Waals surface area contributed by atoms with Gasteiger partial charge in [-0.15, -0.1) is 0 Å². The molecular weight excluding hydrogens is 274 g/mol. The summed E-state index contributed by atoms with van der Waals surface area (Å²) in [5.41, 5.74) is 8.02. The molecule has 0 atom stereocenters. The average Bonchev–Trinajstić information content (AvgIpc) is 2.41. The molecule has 0 unspecified atom stereocenters. The topological polar surface area (TPSA) is 26.0 Å². The van der Waals surface area contributed by atoms with Crippen LogP contribution in [-0.4, -0.2) is 0 Å². The number of hydrogen-bond acceptors (Lipinski definition) is 2. The third kappa shape index (κ3) is 3.75. The molecule has 19 heavy (non-hydrogen) atoms. The summed E-state index contributed by atoms with van der Waals surface area (Å²) in [4.78, 5) is 2.27. The molecule has 0 saturated heterocycles. The highest BCUT2D eigenvalue weighted by atomic mass is 35.5. The van der Waals surface area contributed by atoms with Crippen molar-refractivity contribution in [1.82, 2.24) is 0 Å². The van der Waals surface area contributed by atoms with Crippen molar-refractivity contribution < 1.29 is 0 Å². The lowest BCUT2D eigenvalue weighted by molar-refractivity contribution is 0.865. The second kappa shape index (κ2) is 6.47. The van der Waals surface area contributed by atoms with Crippen molar-refractivity contribution in [2.45, 2.75) is 36.1 Å². The van der Waals surface area contributed by atoms with E-state index in [0.717, 1.165) is 15.5 Å². The number of hydrogen-bond donors (Lipinski definition) is 1. The number of rotatable bonds is 4. The van der Waals surface area contributed by atoms with Crippen molar-refractivity contribution in [1.29, 1.82) is 0 Å². The van der Waals surface area contributed by atoms with E-state index in [1.165, 1.54) is 10.5 Å². The van der Waals surface area contributed by atoms with Gasteiger partial charge in [-0.3, -0.25) is 0 Å². The molecule has 2 N–H and O–H groups in total. The zero-order valence-electron chi connectivity index (χ0n) is 11.2. The van der Waals surface area contributed by atoms with Crippen LogP contribution in [0.25, 0.3) is 0 Å². The van der Waals surface area contributed by atoms with Crippen molar-refractivity contribution in [3.05, 3.63) is 58.6 Å². The van der Waals surface area contributed by atoms with E-state index in [1.54, 1.807) is 11.8 Å². The second-order valence-corrected chi connectivity index (χ2v) is 6.32. The first-order chi connectivity index (χ1) is 9.10. The van der Waals surface area contributed by atoms with Crippen LogP contribution in [-0.2, 0) is 6.54 Å². The molecular formula is C16H18ClNS. The Kier molecular flexibility index (Phi) is 4.92. The first-order valence-electron chi connectivity index (χ1n) is 6.36. The Morgan fingerprint density at radius 2 is 1.79 bits per heavy atom. The summed E-state index contributed by atoms with van der Waals surface area (Å²) in [6, 6.07) is 14.6. The summed E-state index contributed by atoms with van der Waals surface area (Å²) in [7, 11) is 0. The van der Waals surface area contributed by atoms with Crippen LogP contribution < -0.4 is 5.73 Å². The predicted octanol–water partition coefficient (Wildman–Crippen LogP) is 5.07.